The third-order valence-corrected chi connectivity index (χ3v) is 4.54. The van der Waals surface area contributed by atoms with Crippen molar-refractivity contribution >= 4 is 6.21 Å². The lowest BCUT2D eigenvalue weighted by Crippen LogP contribution is -2.45. The van der Waals surface area contributed by atoms with E-state index in [1.54, 1.807) is 0 Å². The van der Waals surface area contributed by atoms with E-state index < -0.39 is 0 Å². The predicted molar refractivity (Wildman–Crippen MR) is 50.8 cm³/mol. The molecule has 0 aromatic heterocycles. The summed E-state index contributed by atoms with van der Waals surface area (Å²) in [6.45, 7) is 0. The fraction of sp³-hybridized carbons (Fsp3) is 0.909. The van der Waals surface area contributed by atoms with Gasteiger partial charge in [-0.1, -0.05) is 0 Å². The van der Waals surface area contributed by atoms with Crippen molar-refractivity contribution < 1.29 is 5.21 Å². The molecule has 4 fully saturated rings. The van der Waals surface area contributed by atoms with E-state index in [9.17, 15) is 0 Å². The molecule has 4 aliphatic carbocycles. The van der Waals surface area contributed by atoms with Crippen LogP contribution in [0.2, 0.25) is 0 Å². The second-order valence-corrected chi connectivity index (χ2v) is 5.27. The van der Waals surface area contributed by atoms with Crippen LogP contribution in [0.3, 0.4) is 0 Å². The van der Waals surface area contributed by atoms with Gasteiger partial charge in [-0.2, -0.15) is 0 Å². The van der Waals surface area contributed by atoms with Gasteiger partial charge in [0.2, 0.25) is 0 Å². The van der Waals surface area contributed by atoms with Gasteiger partial charge in [-0.25, -0.2) is 0 Å². The molecule has 2 heteroatoms. The molecule has 2 nitrogen and oxygen atoms in total. The van der Waals surface area contributed by atoms with Crippen molar-refractivity contribution in [2.75, 3.05) is 0 Å². The van der Waals surface area contributed by atoms with Crippen molar-refractivity contribution in [1.82, 2.24) is 0 Å². The topological polar surface area (TPSA) is 32.6 Å². The van der Waals surface area contributed by atoms with Gasteiger partial charge in [0.1, 0.15) is 0 Å². The average Bonchev–Trinajstić information content (AvgIpc) is 2.10. The zero-order valence-electron chi connectivity index (χ0n) is 7.89. The Bertz CT molecular complexity index is 208. The molecule has 4 rings (SSSR count). The smallest absolute Gasteiger partial charge is 0.0472 e. The number of oxime groups is 1. The molecule has 0 aromatic carbocycles. The quantitative estimate of drug-likeness (QED) is 0.374. The molecule has 0 amide bonds. The Labute approximate surface area is 79.0 Å². The van der Waals surface area contributed by atoms with Crippen LogP contribution in [-0.2, 0) is 0 Å². The summed E-state index contributed by atoms with van der Waals surface area (Å²) < 4.78 is 0. The van der Waals surface area contributed by atoms with Gasteiger partial charge in [0.05, 0.1) is 0 Å². The van der Waals surface area contributed by atoms with Crippen LogP contribution < -0.4 is 0 Å². The second kappa shape index (κ2) is 2.73. The van der Waals surface area contributed by atoms with Gasteiger partial charge in [0, 0.05) is 12.1 Å². The molecule has 72 valence electrons. The molecular formula is C11H17NO. The SMILES string of the molecule is ON=CC1C2CC3CC(C2)CC1C3. The van der Waals surface area contributed by atoms with Crippen LogP contribution in [0.5, 0.6) is 0 Å². The Hall–Kier alpha value is -0.530. The van der Waals surface area contributed by atoms with Gasteiger partial charge >= 0.3 is 0 Å². The third-order valence-electron chi connectivity index (χ3n) is 4.54. The molecule has 0 radical (unpaired) electrons. The van der Waals surface area contributed by atoms with Crippen LogP contribution in [0, 0.1) is 29.6 Å². The van der Waals surface area contributed by atoms with Gasteiger partial charge in [-0.15, -0.1) is 5.16 Å². The van der Waals surface area contributed by atoms with E-state index in [-0.39, 0.29) is 0 Å². The third kappa shape index (κ3) is 1.11. The maximum Gasteiger partial charge on any atom is 0.0472 e. The Kier molecular flexibility index (Phi) is 1.64. The second-order valence-electron chi connectivity index (χ2n) is 5.27. The standard InChI is InChI=1S/C11H17NO/c13-12-6-11-9-2-7-1-8(4-9)5-10(11)3-7/h6-11,13H,1-5H2. The highest BCUT2D eigenvalue weighted by Crippen LogP contribution is 2.55. The van der Waals surface area contributed by atoms with E-state index in [4.69, 9.17) is 5.21 Å². The summed E-state index contributed by atoms with van der Waals surface area (Å²) in [6.07, 6.45) is 8.93. The number of hydrogen-bond donors (Lipinski definition) is 1. The first kappa shape index (κ1) is 7.84. The highest BCUT2D eigenvalue weighted by molar-refractivity contribution is 5.61. The molecule has 0 heterocycles. The molecule has 13 heavy (non-hydrogen) atoms. The average molecular weight is 179 g/mol. The van der Waals surface area contributed by atoms with Crippen molar-refractivity contribution in [3.8, 4) is 0 Å². The Morgan fingerprint density at radius 1 is 0.923 bits per heavy atom. The number of nitrogens with zero attached hydrogens (tertiary/aromatic N) is 1. The van der Waals surface area contributed by atoms with Crippen LogP contribution in [0.4, 0.5) is 0 Å². The lowest BCUT2D eigenvalue weighted by molar-refractivity contribution is -0.00722. The summed E-state index contributed by atoms with van der Waals surface area (Å²) in [4.78, 5) is 0. The monoisotopic (exact) mass is 179 g/mol. The van der Waals surface area contributed by atoms with Crippen molar-refractivity contribution in [1.29, 1.82) is 0 Å². The van der Waals surface area contributed by atoms with E-state index in [0.717, 1.165) is 23.7 Å². The number of hydrogen-bond acceptors (Lipinski definition) is 2. The van der Waals surface area contributed by atoms with E-state index in [1.807, 2.05) is 6.21 Å². The molecule has 4 aliphatic rings. The summed E-state index contributed by atoms with van der Waals surface area (Å²) in [5.74, 6) is 4.36. The molecule has 0 spiro atoms. The minimum Gasteiger partial charge on any atom is -0.411 e. The lowest BCUT2D eigenvalue weighted by atomic mass is 9.52. The summed E-state index contributed by atoms with van der Waals surface area (Å²) in [6, 6.07) is 0. The van der Waals surface area contributed by atoms with Gasteiger partial charge in [-0.05, 0) is 55.8 Å². The molecule has 4 bridgehead atoms. The molecular weight excluding hydrogens is 162 g/mol. The zero-order chi connectivity index (χ0) is 8.84. The first-order chi connectivity index (χ1) is 6.36. The normalized spacial score (nSPS) is 53.4. The molecule has 0 unspecified atom stereocenters. The Balaban J connectivity index is 1.85. The van der Waals surface area contributed by atoms with E-state index in [2.05, 4.69) is 5.16 Å². The summed E-state index contributed by atoms with van der Waals surface area (Å²) in [5, 5.41) is 11.9. The van der Waals surface area contributed by atoms with Crippen LogP contribution in [-0.4, -0.2) is 11.4 Å². The van der Waals surface area contributed by atoms with Gasteiger partial charge in [0.25, 0.3) is 0 Å². The Morgan fingerprint density at radius 2 is 1.46 bits per heavy atom. The summed E-state index contributed by atoms with van der Waals surface area (Å²) in [7, 11) is 0. The molecule has 0 aromatic rings. The fourth-order valence-corrected chi connectivity index (χ4v) is 4.29. The molecule has 0 saturated heterocycles. The van der Waals surface area contributed by atoms with Crippen molar-refractivity contribution in [2.45, 2.75) is 32.1 Å². The largest absolute Gasteiger partial charge is 0.411 e. The van der Waals surface area contributed by atoms with E-state index in [1.165, 1.54) is 32.1 Å². The highest BCUT2D eigenvalue weighted by atomic mass is 16.4. The van der Waals surface area contributed by atoms with Crippen molar-refractivity contribution in [2.24, 2.45) is 34.7 Å². The number of rotatable bonds is 1. The molecule has 1 N–H and O–H groups in total. The fourth-order valence-electron chi connectivity index (χ4n) is 4.29. The maximum absolute atomic E-state index is 8.62. The van der Waals surface area contributed by atoms with E-state index >= 15 is 0 Å². The van der Waals surface area contributed by atoms with Crippen LogP contribution in [0.1, 0.15) is 32.1 Å². The minimum atomic E-state index is 0.609. The minimum absolute atomic E-state index is 0.609. The summed E-state index contributed by atoms with van der Waals surface area (Å²) >= 11 is 0. The van der Waals surface area contributed by atoms with Gasteiger partial charge < -0.3 is 5.21 Å². The van der Waals surface area contributed by atoms with Crippen LogP contribution >= 0.6 is 0 Å². The van der Waals surface area contributed by atoms with Crippen LogP contribution in [0.25, 0.3) is 0 Å². The first-order valence-corrected chi connectivity index (χ1v) is 5.54. The predicted octanol–water partition coefficient (Wildman–Crippen LogP) is 2.52. The lowest BCUT2D eigenvalue weighted by Gasteiger charge is -2.53. The van der Waals surface area contributed by atoms with Crippen molar-refractivity contribution in [3.63, 3.8) is 0 Å². The molecule has 4 saturated carbocycles. The zero-order valence-corrected chi connectivity index (χ0v) is 7.89. The Morgan fingerprint density at radius 3 is 1.92 bits per heavy atom. The van der Waals surface area contributed by atoms with Gasteiger partial charge in [0.15, 0.2) is 0 Å². The first-order valence-electron chi connectivity index (χ1n) is 5.54. The van der Waals surface area contributed by atoms with Crippen molar-refractivity contribution in [3.05, 3.63) is 0 Å². The highest BCUT2D eigenvalue weighted by Gasteiger charge is 2.47. The summed E-state index contributed by atoms with van der Waals surface area (Å²) in [5.41, 5.74) is 0. The van der Waals surface area contributed by atoms with Gasteiger partial charge in [-0.3, -0.25) is 0 Å². The van der Waals surface area contributed by atoms with Crippen LogP contribution in [0.15, 0.2) is 5.16 Å². The maximum atomic E-state index is 8.62. The van der Waals surface area contributed by atoms with E-state index in [0.29, 0.717) is 5.92 Å². The molecule has 0 aliphatic heterocycles. The molecule has 0 atom stereocenters.